The van der Waals surface area contributed by atoms with Gasteiger partial charge in [0.25, 0.3) is 5.56 Å². The lowest BCUT2D eigenvalue weighted by Crippen LogP contribution is -2.08. The molecular weight excluding hydrogens is 284 g/mol. The van der Waals surface area contributed by atoms with E-state index < -0.39 is 0 Å². The topological polar surface area (TPSA) is 63.0 Å². The zero-order valence-electron chi connectivity index (χ0n) is 8.59. The predicted molar refractivity (Wildman–Crippen MR) is 66.7 cm³/mol. The molecule has 0 amide bonds. The Hall–Kier alpha value is -1.95. The first-order valence-corrected chi connectivity index (χ1v) is 5.72. The molecule has 3 rings (SSSR count). The first kappa shape index (κ1) is 10.2. The number of fused-ring (bicyclic) bond motifs is 1. The van der Waals surface area contributed by atoms with Gasteiger partial charge in [0.15, 0.2) is 5.82 Å². The molecule has 5 nitrogen and oxygen atoms in total. The molecule has 17 heavy (non-hydrogen) atoms. The van der Waals surface area contributed by atoms with Gasteiger partial charge in [0.2, 0.25) is 0 Å². The van der Waals surface area contributed by atoms with Crippen molar-refractivity contribution in [2.45, 2.75) is 0 Å². The Morgan fingerprint density at radius 1 is 1.35 bits per heavy atom. The lowest BCUT2D eigenvalue weighted by Gasteiger charge is -1.94. The summed E-state index contributed by atoms with van der Waals surface area (Å²) in [5, 5.41) is 0. The van der Waals surface area contributed by atoms with Gasteiger partial charge in [-0.25, -0.2) is 9.97 Å². The molecule has 1 N–H and O–H groups in total. The summed E-state index contributed by atoms with van der Waals surface area (Å²) in [5.41, 5.74) is 1.24. The number of H-pyrrole nitrogens is 1. The van der Waals surface area contributed by atoms with Crippen LogP contribution in [0, 0.1) is 0 Å². The number of aromatic amines is 1. The molecule has 0 spiro atoms. The highest BCUT2D eigenvalue weighted by molar-refractivity contribution is 9.10. The Balaban J connectivity index is 2.20. The molecule has 0 saturated carbocycles. The average molecular weight is 291 g/mol. The largest absolute Gasteiger partial charge is 0.306 e. The van der Waals surface area contributed by atoms with Crippen LogP contribution in [-0.2, 0) is 0 Å². The van der Waals surface area contributed by atoms with Crippen molar-refractivity contribution in [2.75, 3.05) is 0 Å². The molecule has 0 radical (unpaired) electrons. The summed E-state index contributed by atoms with van der Waals surface area (Å²) < 4.78 is 2.28. The van der Waals surface area contributed by atoms with Crippen LogP contribution in [0.25, 0.3) is 17.2 Å². The third-order valence-electron chi connectivity index (χ3n) is 2.36. The third kappa shape index (κ3) is 1.76. The van der Waals surface area contributed by atoms with Crippen molar-refractivity contribution in [3.05, 3.63) is 51.6 Å². The van der Waals surface area contributed by atoms with Gasteiger partial charge in [-0.3, -0.25) is 4.79 Å². The maximum Gasteiger partial charge on any atom is 0.265 e. The molecule has 0 aliphatic carbocycles. The van der Waals surface area contributed by atoms with Crippen LogP contribution in [0.3, 0.4) is 0 Å². The second kappa shape index (κ2) is 3.81. The molecule has 0 atom stereocenters. The summed E-state index contributed by atoms with van der Waals surface area (Å²) >= 11 is 3.10. The quantitative estimate of drug-likeness (QED) is 0.744. The van der Waals surface area contributed by atoms with Gasteiger partial charge in [0.1, 0.15) is 15.8 Å². The number of pyridine rings is 1. The molecule has 0 bridgehead atoms. The summed E-state index contributed by atoms with van der Waals surface area (Å²) in [7, 11) is 0. The van der Waals surface area contributed by atoms with E-state index in [1.807, 2.05) is 35.0 Å². The number of nitrogens with one attached hydrogen (secondary N) is 1. The van der Waals surface area contributed by atoms with Gasteiger partial charge in [-0.05, 0) is 28.1 Å². The molecule has 0 aliphatic rings. The molecule has 0 unspecified atom stereocenters. The van der Waals surface area contributed by atoms with Crippen LogP contribution in [0.5, 0.6) is 0 Å². The molecule has 3 aromatic heterocycles. The Morgan fingerprint density at radius 3 is 3.00 bits per heavy atom. The van der Waals surface area contributed by atoms with Crippen molar-refractivity contribution < 1.29 is 0 Å². The number of nitrogens with zero attached hydrogens (tertiary/aromatic N) is 3. The number of aromatic nitrogens is 4. The number of rotatable bonds is 1. The van der Waals surface area contributed by atoms with Crippen molar-refractivity contribution in [3.63, 3.8) is 0 Å². The maximum atomic E-state index is 11.5. The lowest BCUT2D eigenvalue weighted by atomic mass is 10.4. The van der Waals surface area contributed by atoms with Gasteiger partial charge in [-0.1, -0.05) is 6.07 Å². The van der Waals surface area contributed by atoms with Crippen molar-refractivity contribution >= 4 is 21.6 Å². The van der Waals surface area contributed by atoms with Crippen LogP contribution in [0.2, 0.25) is 0 Å². The van der Waals surface area contributed by atoms with E-state index in [0.717, 1.165) is 5.65 Å². The lowest BCUT2D eigenvalue weighted by molar-refractivity contribution is 1.10. The standard InChI is InChI=1S/C11H7BrN4O/c12-7-5-13-10(15-11(7)17)8-6-16-4-2-1-3-9(16)14-8/h1-6H,(H,13,15,17). The predicted octanol–water partition coefficient (Wildman–Crippen LogP) is 1.85. The summed E-state index contributed by atoms with van der Waals surface area (Å²) in [6.45, 7) is 0. The Bertz CT molecular complexity index is 713. The van der Waals surface area contributed by atoms with Crippen LogP contribution in [-0.4, -0.2) is 19.4 Å². The normalized spacial score (nSPS) is 10.9. The van der Waals surface area contributed by atoms with Crippen molar-refractivity contribution in [3.8, 4) is 11.5 Å². The molecule has 3 heterocycles. The van der Waals surface area contributed by atoms with Gasteiger partial charge in [0.05, 0.1) is 0 Å². The highest BCUT2D eigenvalue weighted by atomic mass is 79.9. The summed E-state index contributed by atoms with van der Waals surface area (Å²) in [5.74, 6) is 0.460. The van der Waals surface area contributed by atoms with Gasteiger partial charge in [-0.15, -0.1) is 0 Å². The molecular formula is C11H7BrN4O. The zero-order valence-corrected chi connectivity index (χ0v) is 10.2. The monoisotopic (exact) mass is 290 g/mol. The second-order valence-electron chi connectivity index (χ2n) is 3.50. The molecule has 0 fully saturated rings. The van der Waals surface area contributed by atoms with Crippen molar-refractivity contribution in [1.82, 2.24) is 19.4 Å². The van der Waals surface area contributed by atoms with Crippen LogP contribution >= 0.6 is 15.9 Å². The molecule has 0 aromatic carbocycles. The first-order valence-electron chi connectivity index (χ1n) is 4.93. The average Bonchev–Trinajstić information content (AvgIpc) is 2.76. The fraction of sp³-hybridized carbons (Fsp3) is 0. The summed E-state index contributed by atoms with van der Waals surface area (Å²) in [6, 6.07) is 5.71. The van der Waals surface area contributed by atoms with Gasteiger partial charge >= 0.3 is 0 Å². The SMILES string of the molecule is O=c1[nH]c(-c2cn3ccccc3n2)ncc1Br. The van der Waals surface area contributed by atoms with E-state index in [1.54, 1.807) is 0 Å². The van der Waals surface area contributed by atoms with Crippen LogP contribution in [0.4, 0.5) is 0 Å². The van der Waals surface area contributed by atoms with Gasteiger partial charge in [0, 0.05) is 18.6 Å². The molecule has 84 valence electrons. The fourth-order valence-electron chi connectivity index (χ4n) is 1.56. The fourth-order valence-corrected chi connectivity index (χ4v) is 1.76. The molecule has 0 saturated heterocycles. The van der Waals surface area contributed by atoms with E-state index in [0.29, 0.717) is 16.0 Å². The highest BCUT2D eigenvalue weighted by Crippen LogP contribution is 2.14. The van der Waals surface area contributed by atoms with E-state index in [2.05, 4.69) is 30.9 Å². The van der Waals surface area contributed by atoms with Crippen molar-refractivity contribution in [1.29, 1.82) is 0 Å². The molecule has 3 aromatic rings. The summed E-state index contributed by atoms with van der Waals surface area (Å²) in [4.78, 5) is 22.6. The number of halogens is 1. The molecule has 6 heteroatoms. The van der Waals surface area contributed by atoms with Gasteiger partial charge < -0.3 is 9.38 Å². The van der Waals surface area contributed by atoms with E-state index >= 15 is 0 Å². The Morgan fingerprint density at radius 2 is 2.24 bits per heavy atom. The smallest absolute Gasteiger partial charge is 0.265 e. The van der Waals surface area contributed by atoms with E-state index in [-0.39, 0.29) is 5.56 Å². The van der Waals surface area contributed by atoms with Crippen molar-refractivity contribution in [2.24, 2.45) is 0 Å². The Kier molecular flexibility index (Phi) is 2.29. The highest BCUT2D eigenvalue weighted by Gasteiger charge is 2.07. The first-order chi connectivity index (χ1) is 8.24. The second-order valence-corrected chi connectivity index (χ2v) is 4.36. The van der Waals surface area contributed by atoms with Gasteiger partial charge in [-0.2, -0.15) is 0 Å². The number of hydrogen-bond donors (Lipinski definition) is 1. The van der Waals surface area contributed by atoms with Crippen LogP contribution < -0.4 is 5.56 Å². The summed E-state index contributed by atoms with van der Waals surface area (Å²) in [6.07, 6.45) is 5.18. The van der Waals surface area contributed by atoms with E-state index in [9.17, 15) is 4.79 Å². The minimum atomic E-state index is -0.216. The number of hydrogen-bond acceptors (Lipinski definition) is 3. The van der Waals surface area contributed by atoms with Crippen LogP contribution in [0.1, 0.15) is 0 Å². The van der Waals surface area contributed by atoms with E-state index in [1.165, 1.54) is 6.20 Å². The Labute approximate surface area is 104 Å². The molecule has 0 aliphatic heterocycles. The minimum absolute atomic E-state index is 0.216. The number of imidazole rings is 1. The van der Waals surface area contributed by atoms with E-state index in [4.69, 9.17) is 0 Å². The van der Waals surface area contributed by atoms with Crippen LogP contribution in [0.15, 0.2) is 46.1 Å². The minimum Gasteiger partial charge on any atom is -0.306 e. The maximum absolute atomic E-state index is 11.5. The zero-order chi connectivity index (χ0) is 11.8. The third-order valence-corrected chi connectivity index (χ3v) is 2.93.